The lowest BCUT2D eigenvalue weighted by molar-refractivity contribution is -0.0672. The van der Waals surface area contributed by atoms with Gasteiger partial charge in [0, 0.05) is 11.0 Å². The van der Waals surface area contributed by atoms with Gasteiger partial charge in [-0.25, -0.2) is 13.7 Å². The minimum Gasteiger partial charge on any atom is -0.380 e. The summed E-state index contributed by atoms with van der Waals surface area (Å²) in [7, 11) is -10.7. The topological polar surface area (TPSA) is 204 Å². The first-order valence-corrected chi connectivity index (χ1v) is 12.9. The van der Waals surface area contributed by atoms with Crippen LogP contribution in [0.3, 0.4) is 0 Å². The van der Waals surface area contributed by atoms with Crippen molar-refractivity contribution in [1.29, 1.82) is 0 Å². The van der Waals surface area contributed by atoms with Crippen LogP contribution in [0.4, 0.5) is 0 Å². The van der Waals surface area contributed by atoms with E-state index in [0.717, 1.165) is 0 Å². The van der Waals surface area contributed by atoms with Crippen molar-refractivity contribution in [3.05, 3.63) is 34.9 Å². The summed E-state index contributed by atoms with van der Waals surface area (Å²) >= 11 is 5.81. The Morgan fingerprint density at radius 2 is 1.73 bits per heavy atom. The molecule has 1 aromatic carbocycles. The standard InChI is InChI=1S/C12H18BClNO12P3/c13-11-5-9(25-12(15)7-1-3-8(14)4-2-7)10(24-11)6-23-29(19,20)27-30(21,22)26-28(16,17)18/h1-4,9-12H,5-6,15H2,(H,19,20)(H,21,22)(H2,16,17,18). The predicted octanol–water partition coefficient (Wildman–Crippen LogP) is 1.31. The molecule has 0 saturated carbocycles. The van der Waals surface area contributed by atoms with Gasteiger partial charge in [-0.3, -0.25) is 4.52 Å². The number of hydrogen-bond acceptors (Lipinski definition) is 9. The molecule has 0 amide bonds. The Hall–Kier alpha value is -0.135. The smallest absolute Gasteiger partial charge is 0.380 e. The summed E-state index contributed by atoms with van der Waals surface area (Å²) in [5.74, 6) is 0. The summed E-state index contributed by atoms with van der Waals surface area (Å²) in [6.45, 7) is -0.699. The number of ether oxygens (including phenoxy) is 2. The van der Waals surface area contributed by atoms with Gasteiger partial charge >= 0.3 is 23.5 Å². The zero-order valence-electron chi connectivity index (χ0n) is 15.0. The van der Waals surface area contributed by atoms with Crippen LogP contribution in [0.15, 0.2) is 24.3 Å². The average Bonchev–Trinajstić information content (AvgIpc) is 2.89. The summed E-state index contributed by atoms with van der Waals surface area (Å²) < 4.78 is 56.5. The van der Waals surface area contributed by atoms with Crippen LogP contribution in [0.5, 0.6) is 0 Å². The van der Waals surface area contributed by atoms with E-state index in [1.807, 2.05) is 0 Å². The SMILES string of the molecule is [B]C1CC(OC(N)c2ccc(Cl)cc2)C(COP(=O)(O)OP(=O)(O)OP(=O)(O)O)O1. The van der Waals surface area contributed by atoms with Crippen LogP contribution < -0.4 is 5.73 Å². The van der Waals surface area contributed by atoms with E-state index in [2.05, 4.69) is 13.1 Å². The highest BCUT2D eigenvalue weighted by Crippen LogP contribution is 2.66. The Balaban J connectivity index is 1.96. The maximum absolute atomic E-state index is 11.8. The van der Waals surface area contributed by atoms with Crippen LogP contribution in [0.1, 0.15) is 18.2 Å². The number of halogens is 1. The Kier molecular flexibility index (Phi) is 8.88. The number of rotatable bonds is 10. The molecule has 1 aliphatic rings. The number of nitrogens with two attached hydrogens (primary N) is 1. The van der Waals surface area contributed by atoms with Crippen molar-refractivity contribution in [3.8, 4) is 0 Å². The van der Waals surface area contributed by atoms with E-state index in [1.54, 1.807) is 24.3 Å². The molecule has 0 bridgehead atoms. The van der Waals surface area contributed by atoms with Crippen LogP contribution in [-0.2, 0) is 36.3 Å². The van der Waals surface area contributed by atoms with Crippen molar-refractivity contribution in [3.63, 3.8) is 0 Å². The van der Waals surface area contributed by atoms with Crippen LogP contribution in [0, 0.1) is 0 Å². The summed E-state index contributed by atoms with van der Waals surface area (Å²) in [6.07, 6.45) is -2.59. The molecule has 168 valence electrons. The van der Waals surface area contributed by atoms with Crippen LogP contribution in [0.2, 0.25) is 5.02 Å². The molecule has 1 heterocycles. The minimum atomic E-state index is -5.62. The van der Waals surface area contributed by atoms with Gasteiger partial charge in [0.05, 0.1) is 12.7 Å². The number of phosphoric acid groups is 3. The normalized spacial score (nSPS) is 27.3. The Bertz CT molecular complexity index is 869. The van der Waals surface area contributed by atoms with Gasteiger partial charge in [-0.2, -0.15) is 8.62 Å². The fraction of sp³-hybridized carbons (Fsp3) is 0.500. The quantitative estimate of drug-likeness (QED) is 0.172. The number of phosphoric ester groups is 1. The first-order chi connectivity index (χ1) is 13.7. The highest BCUT2D eigenvalue weighted by molar-refractivity contribution is 7.66. The number of benzene rings is 1. The summed E-state index contributed by atoms with van der Waals surface area (Å²) in [6, 6.07) is 5.64. The monoisotopic (exact) mass is 507 g/mol. The maximum atomic E-state index is 11.8. The molecule has 0 aromatic heterocycles. The second-order valence-corrected chi connectivity index (χ2v) is 10.8. The fourth-order valence-corrected chi connectivity index (χ4v) is 5.58. The lowest BCUT2D eigenvalue weighted by Crippen LogP contribution is -2.32. The van der Waals surface area contributed by atoms with Crippen LogP contribution >= 0.6 is 35.1 Å². The van der Waals surface area contributed by atoms with Gasteiger partial charge in [0.25, 0.3) is 0 Å². The Morgan fingerprint density at radius 3 is 2.30 bits per heavy atom. The lowest BCUT2D eigenvalue weighted by atomic mass is 9.96. The van der Waals surface area contributed by atoms with E-state index in [4.69, 9.17) is 49.3 Å². The molecule has 1 aromatic rings. The Morgan fingerprint density at radius 1 is 1.13 bits per heavy atom. The van der Waals surface area contributed by atoms with E-state index in [1.165, 1.54) is 0 Å². The molecule has 1 saturated heterocycles. The van der Waals surface area contributed by atoms with Crippen molar-refractivity contribution in [2.24, 2.45) is 5.73 Å². The maximum Gasteiger partial charge on any atom is 0.490 e. The van der Waals surface area contributed by atoms with Crippen molar-refractivity contribution < 1.29 is 55.9 Å². The van der Waals surface area contributed by atoms with Gasteiger partial charge < -0.3 is 34.8 Å². The molecule has 0 aliphatic carbocycles. The van der Waals surface area contributed by atoms with E-state index in [0.29, 0.717) is 10.6 Å². The van der Waals surface area contributed by atoms with E-state index in [9.17, 15) is 18.6 Å². The molecule has 30 heavy (non-hydrogen) atoms. The molecule has 6 unspecified atom stereocenters. The minimum absolute atomic E-state index is 0.145. The molecular weight excluding hydrogens is 489 g/mol. The van der Waals surface area contributed by atoms with Gasteiger partial charge in [-0.15, -0.1) is 0 Å². The molecule has 1 fully saturated rings. The second kappa shape index (κ2) is 10.2. The van der Waals surface area contributed by atoms with Crippen LogP contribution in [-0.4, -0.2) is 52.2 Å². The Labute approximate surface area is 177 Å². The van der Waals surface area contributed by atoms with Crippen LogP contribution in [0.25, 0.3) is 0 Å². The molecule has 13 nitrogen and oxygen atoms in total. The predicted molar refractivity (Wildman–Crippen MR) is 102 cm³/mol. The molecular formula is C12H18BClNO12P3. The zero-order valence-corrected chi connectivity index (χ0v) is 18.4. The van der Waals surface area contributed by atoms with E-state index >= 15 is 0 Å². The average molecular weight is 507 g/mol. The van der Waals surface area contributed by atoms with Gasteiger partial charge in [-0.05, 0) is 24.1 Å². The lowest BCUT2D eigenvalue weighted by Gasteiger charge is -2.24. The van der Waals surface area contributed by atoms with Gasteiger partial charge in [0.1, 0.15) is 20.2 Å². The third-order valence-electron chi connectivity index (χ3n) is 3.57. The van der Waals surface area contributed by atoms with Crippen molar-refractivity contribution in [2.45, 2.75) is 30.9 Å². The van der Waals surface area contributed by atoms with Crippen molar-refractivity contribution in [2.75, 3.05) is 6.61 Å². The molecule has 0 spiro atoms. The third-order valence-corrected chi connectivity index (χ3v) is 7.62. The molecule has 6 N–H and O–H groups in total. The molecule has 18 heteroatoms. The second-order valence-electron chi connectivity index (χ2n) is 5.98. The largest absolute Gasteiger partial charge is 0.490 e. The zero-order chi connectivity index (χ0) is 22.7. The van der Waals surface area contributed by atoms with E-state index < -0.39 is 54.5 Å². The highest BCUT2D eigenvalue weighted by atomic mass is 35.5. The fourth-order valence-electron chi connectivity index (χ4n) is 2.43. The molecule has 2 rings (SSSR count). The summed E-state index contributed by atoms with van der Waals surface area (Å²) in [5.41, 5.74) is 6.54. The van der Waals surface area contributed by atoms with E-state index in [-0.39, 0.29) is 6.42 Å². The third kappa shape index (κ3) is 8.78. The molecule has 6 atom stereocenters. The van der Waals surface area contributed by atoms with Crippen molar-refractivity contribution in [1.82, 2.24) is 0 Å². The van der Waals surface area contributed by atoms with Gasteiger partial charge in [0.2, 0.25) is 0 Å². The molecule has 2 radical (unpaired) electrons. The first kappa shape index (κ1) is 26.1. The van der Waals surface area contributed by atoms with Crippen molar-refractivity contribution >= 4 is 42.9 Å². The highest BCUT2D eigenvalue weighted by Gasteiger charge is 2.42. The summed E-state index contributed by atoms with van der Waals surface area (Å²) in [4.78, 5) is 35.7. The molecule has 1 aliphatic heterocycles. The van der Waals surface area contributed by atoms with Gasteiger partial charge in [0.15, 0.2) is 0 Å². The number of hydrogen-bond donors (Lipinski definition) is 5. The first-order valence-electron chi connectivity index (χ1n) is 8.02. The summed E-state index contributed by atoms with van der Waals surface area (Å²) in [5, 5.41) is 0.492. The van der Waals surface area contributed by atoms with Gasteiger partial charge in [-0.1, -0.05) is 23.7 Å².